The Hall–Kier alpha value is -3.35. The molecule has 0 bridgehead atoms. The van der Waals surface area contributed by atoms with Gasteiger partial charge in [0.15, 0.2) is 0 Å². The van der Waals surface area contributed by atoms with Crippen LogP contribution in [0.4, 0.5) is 4.79 Å². The van der Waals surface area contributed by atoms with Crippen molar-refractivity contribution in [3.05, 3.63) is 59.7 Å². The predicted octanol–water partition coefficient (Wildman–Crippen LogP) is 4.80. The number of aliphatic carboxylic acids is 1. The topological polar surface area (TPSA) is 95.9 Å². The van der Waals surface area contributed by atoms with Crippen molar-refractivity contribution < 1.29 is 24.2 Å². The number of piperidine rings is 1. The number of carbonyl (C=O) groups excluding carboxylic acids is 2. The van der Waals surface area contributed by atoms with E-state index in [1.165, 1.54) is 4.90 Å². The highest BCUT2D eigenvalue weighted by molar-refractivity contribution is 5.89. The lowest BCUT2D eigenvalue weighted by molar-refractivity contribution is -0.158. The zero-order valence-corrected chi connectivity index (χ0v) is 20.8. The summed E-state index contributed by atoms with van der Waals surface area (Å²) < 4.78 is 5.69. The maximum atomic E-state index is 13.5. The number of carboxylic acid groups (broad SMARTS) is 1. The van der Waals surface area contributed by atoms with Crippen molar-refractivity contribution in [1.82, 2.24) is 10.2 Å². The van der Waals surface area contributed by atoms with E-state index in [1.807, 2.05) is 24.3 Å². The van der Waals surface area contributed by atoms with Gasteiger partial charge in [0.2, 0.25) is 5.91 Å². The van der Waals surface area contributed by atoms with Crippen LogP contribution in [0.5, 0.6) is 0 Å². The molecule has 2 aromatic carbocycles. The smallest absolute Gasteiger partial charge is 0.407 e. The third-order valence-corrected chi connectivity index (χ3v) is 7.90. The number of carbonyl (C=O) groups is 3. The number of ether oxygens (including phenoxy) is 1. The molecule has 1 heterocycles. The van der Waals surface area contributed by atoms with Gasteiger partial charge < -0.3 is 20.1 Å². The van der Waals surface area contributed by atoms with E-state index in [0.29, 0.717) is 13.0 Å². The number of rotatable bonds is 6. The number of alkyl carbamates (subject to hydrolysis) is 1. The Morgan fingerprint density at radius 2 is 1.54 bits per heavy atom. The number of nitrogens with zero attached hydrogens (tertiary/aromatic N) is 1. The molecule has 35 heavy (non-hydrogen) atoms. The van der Waals surface area contributed by atoms with Crippen LogP contribution < -0.4 is 5.32 Å². The van der Waals surface area contributed by atoms with E-state index < -0.39 is 29.1 Å². The first-order chi connectivity index (χ1) is 16.5. The highest BCUT2D eigenvalue weighted by atomic mass is 16.5. The highest BCUT2D eigenvalue weighted by Crippen LogP contribution is 2.44. The van der Waals surface area contributed by atoms with Crippen LogP contribution in [0.2, 0.25) is 0 Å². The number of fused-ring (bicyclic) bond motifs is 3. The van der Waals surface area contributed by atoms with Crippen molar-refractivity contribution in [2.45, 2.75) is 64.5 Å². The number of carboxylic acids is 1. The fourth-order valence-corrected chi connectivity index (χ4v) is 5.10. The van der Waals surface area contributed by atoms with E-state index in [9.17, 15) is 19.5 Å². The minimum absolute atomic E-state index is 0.0596. The van der Waals surface area contributed by atoms with Crippen LogP contribution in [-0.2, 0) is 14.3 Å². The Labute approximate surface area is 206 Å². The van der Waals surface area contributed by atoms with Gasteiger partial charge in [-0.2, -0.15) is 0 Å². The number of nitrogens with one attached hydrogen (secondary N) is 1. The second kappa shape index (κ2) is 9.36. The summed E-state index contributed by atoms with van der Waals surface area (Å²) in [6.07, 6.45) is 1.39. The second-order valence-electron chi connectivity index (χ2n) is 10.5. The monoisotopic (exact) mass is 478 g/mol. The van der Waals surface area contributed by atoms with E-state index in [2.05, 4.69) is 29.6 Å². The molecule has 0 radical (unpaired) electrons. The van der Waals surface area contributed by atoms with Crippen molar-refractivity contribution in [2.75, 3.05) is 13.2 Å². The number of benzene rings is 2. The lowest BCUT2D eigenvalue weighted by Crippen LogP contribution is -2.62. The molecule has 1 saturated heterocycles. The Morgan fingerprint density at radius 1 is 0.971 bits per heavy atom. The maximum absolute atomic E-state index is 13.5. The number of amides is 2. The van der Waals surface area contributed by atoms with Gasteiger partial charge in [0, 0.05) is 12.5 Å². The van der Waals surface area contributed by atoms with E-state index in [4.69, 9.17) is 4.74 Å². The average Bonchev–Trinajstić information content (AvgIpc) is 3.15. The van der Waals surface area contributed by atoms with Crippen LogP contribution in [0, 0.1) is 5.41 Å². The molecule has 0 aromatic heterocycles. The fourth-order valence-electron chi connectivity index (χ4n) is 5.10. The number of hydrogen-bond donors (Lipinski definition) is 2. The quantitative estimate of drug-likeness (QED) is 0.622. The molecule has 1 aliphatic carbocycles. The van der Waals surface area contributed by atoms with Crippen LogP contribution in [0.3, 0.4) is 0 Å². The first-order valence-corrected chi connectivity index (χ1v) is 12.2. The van der Waals surface area contributed by atoms with E-state index >= 15 is 0 Å². The molecule has 0 unspecified atom stereocenters. The lowest BCUT2D eigenvalue weighted by atomic mass is 9.73. The minimum atomic E-state index is -1.05. The maximum Gasteiger partial charge on any atom is 0.407 e. The molecule has 0 spiro atoms. The van der Waals surface area contributed by atoms with Gasteiger partial charge in [0.05, 0.1) is 11.0 Å². The normalized spacial score (nSPS) is 17.9. The molecule has 1 fully saturated rings. The zero-order chi connectivity index (χ0) is 25.4. The highest BCUT2D eigenvalue weighted by Gasteiger charge is 2.49. The summed E-state index contributed by atoms with van der Waals surface area (Å²) in [5.41, 5.74) is 2.52. The Balaban J connectivity index is 1.45. The first kappa shape index (κ1) is 24.8. The molecule has 186 valence electrons. The predicted molar refractivity (Wildman–Crippen MR) is 133 cm³/mol. The molecular formula is C28H34N2O5. The Morgan fingerprint density at radius 3 is 2.11 bits per heavy atom. The molecule has 0 saturated carbocycles. The zero-order valence-electron chi connectivity index (χ0n) is 20.8. The number of likely N-dealkylation sites (tertiary alicyclic amines) is 1. The van der Waals surface area contributed by atoms with Crippen LogP contribution in [0.15, 0.2) is 48.5 Å². The van der Waals surface area contributed by atoms with Crippen molar-refractivity contribution in [1.29, 1.82) is 0 Å². The van der Waals surface area contributed by atoms with Crippen LogP contribution >= 0.6 is 0 Å². The molecule has 2 N–H and O–H groups in total. The van der Waals surface area contributed by atoms with Crippen LogP contribution in [-0.4, -0.2) is 52.7 Å². The Kier molecular flexibility index (Phi) is 6.62. The standard InChI is InChI=1S/C28H34N2O5/c1-27(2,25(33)30-16-10-9-15-23(30)24(31)32)28(3,4)29-26(34)35-17-22-20-13-7-5-11-18(20)19-12-6-8-14-21(19)22/h5-8,11-14,22-23H,9-10,15-17H2,1-4H3,(H,29,34)(H,31,32)/t23-/m0/s1. The van der Waals surface area contributed by atoms with E-state index in [-0.39, 0.29) is 18.4 Å². The van der Waals surface area contributed by atoms with Crippen molar-refractivity contribution in [2.24, 2.45) is 5.41 Å². The Bertz CT molecular complexity index is 1090. The van der Waals surface area contributed by atoms with Gasteiger partial charge >= 0.3 is 12.1 Å². The SMILES string of the molecule is CC(C)(NC(=O)OCC1c2ccccc2-c2ccccc21)C(C)(C)C(=O)N1CCCC[C@H]1C(=O)O. The van der Waals surface area contributed by atoms with Crippen LogP contribution in [0.25, 0.3) is 11.1 Å². The van der Waals surface area contributed by atoms with Crippen molar-refractivity contribution in [3.63, 3.8) is 0 Å². The summed E-state index contributed by atoms with van der Waals surface area (Å²) >= 11 is 0. The number of hydrogen-bond acceptors (Lipinski definition) is 4. The minimum Gasteiger partial charge on any atom is -0.480 e. The molecule has 7 heteroatoms. The van der Waals surface area contributed by atoms with E-state index in [0.717, 1.165) is 35.1 Å². The van der Waals surface area contributed by atoms with Crippen LogP contribution in [0.1, 0.15) is 64.0 Å². The first-order valence-electron chi connectivity index (χ1n) is 12.2. The average molecular weight is 479 g/mol. The summed E-state index contributed by atoms with van der Waals surface area (Å²) in [6.45, 7) is 7.61. The molecule has 4 rings (SSSR count). The lowest BCUT2D eigenvalue weighted by Gasteiger charge is -2.45. The van der Waals surface area contributed by atoms with E-state index in [1.54, 1.807) is 27.7 Å². The van der Waals surface area contributed by atoms with Gasteiger partial charge in [-0.3, -0.25) is 4.79 Å². The summed E-state index contributed by atoms with van der Waals surface area (Å²) in [4.78, 5) is 39.6. The molecule has 2 amide bonds. The van der Waals surface area contributed by atoms with Gasteiger partial charge in [-0.1, -0.05) is 48.5 Å². The van der Waals surface area contributed by atoms with Crippen molar-refractivity contribution >= 4 is 18.0 Å². The van der Waals surface area contributed by atoms with Gasteiger partial charge in [-0.25, -0.2) is 9.59 Å². The molecular weight excluding hydrogens is 444 g/mol. The molecule has 2 aromatic rings. The van der Waals surface area contributed by atoms with Crippen molar-refractivity contribution in [3.8, 4) is 11.1 Å². The largest absolute Gasteiger partial charge is 0.480 e. The third-order valence-electron chi connectivity index (χ3n) is 7.90. The summed E-state index contributed by atoms with van der Waals surface area (Å²) in [5.74, 6) is -1.33. The van der Waals surface area contributed by atoms with Gasteiger partial charge in [0.25, 0.3) is 0 Å². The van der Waals surface area contributed by atoms with Gasteiger partial charge in [-0.05, 0) is 69.2 Å². The summed E-state index contributed by atoms with van der Waals surface area (Å²) in [7, 11) is 0. The molecule has 1 atom stereocenters. The van der Waals surface area contributed by atoms with Gasteiger partial charge in [0.1, 0.15) is 12.6 Å². The summed E-state index contributed by atoms with van der Waals surface area (Å²) in [5, 5.41) is 12.5. The second-order valence-corrected chi connectivity index (χ2v) is 10.5. The molecule has 1 aliphatic heterocycles. The van der Waals surface area contributed by atoms with Gasteiger partial charge in [-0.15, -0.1) is 0 Å². The fraction of sp³-hybridized carbons (Fsp3) is 0.464. The molecule has 7 nitrogen and oxygen atoms in total. The third kappa shape index (κ3) is 4.51. The summed E-state index contributed by atoms with van der Waals surface area (Å²) in [6, 6.07) is 15.4. The molecule has 2 aliphatic rings.